The van der Waals surface area contributed by atoms with Crippen LogP contribution in [-0.4, -0.2) is 29.0 Å². The fraction of sp³-hybridized carbons (Fsp3) is 0.400. The summed E-state index contributed by atoms with van der Waals surface area (Å²) < 4.78 is 0. The van der Waals surface area contributed by atoms with Crippen molar-refractivity contribution < 1.29 is 4.79 Å². The minimum absolute atomic E-state index is 0.0364. The van der Waals surface area contributed by atoms with Gasteiger partial charge in [-0.2, -0.15) is 5.26 Å². The molecule has 0 aliphatic carbocycles. The Kier molecular flexibility index (Phi) is 2.79. The predicted molar refractivity (Wildman–Crippen MR) is 56.3 cm³/mol. The third-order valence-corrected chi connectivity index (χ3v) is 2.61. The third-order valence-electron chi connectivity index (χ3n) is 2.61. The summed E-state index contributed by atoms with van der Waals surface area (Å²) in [5.74, 6) is 0.498. The molecule has 1 aliphatic rings. The Hall–Kier alpha value is -2.00. The molecular formula is C10H11N5O. The number of nitriles is 1. The van der Waals surface area contributed by atoms with E-state index in [9.17, 15) is 4.79 Å². The van der Waals surface area contributed by atoms with Crippen LogP contribution >= 0.6 is 0 Å². The smallest absolute Gasteiger partial charge is 0.228 e. The lowest BCUT2D eigenvalue weighted by molar-refractivity contribution is -0.117. The molecule has 6 nitrogen and oxygen atoms in total. The summed E-state index contributed by atoms with van der Waals surface area (Å²) in [6.07, 6.45) is 3.16. The highest BCUT2D eigenvalue weighted by Gasteiger charge is 2.31. The Morgan fingerprint density at radius 2 is 2.50 bits per heavy atom. The molecule has 82 valence electrons. The second kappa shape index (κ2) is 4.24. The maximum atomic E-state index is 11.7. The van der Waals surface area contributed by atoms with Crippen molar-refractivity contribution in [3.8, 4) is 6.07 Å². The highest BCUT2D eigenvalue weighted by molar-refractivity contribution is 5.95. The zero-order valence-electron chi connectivity index (χ0n) is 8.63. The van der Waals surface area contributed by atoms with Crippen molar-refractivity contribution in [2.24, 2.45) is 11.7 Å². The number of aromatic nitrogens is 2. The first-order valence-corrected chi connectivity index (χ1v) is 4.96. The Labute approximate surface area is 92.7 Å². The Bertz CT molecular complexity index is 453. The van der Waals surface area contributed by atoms with Gasteiger partial charge in [0, 0.05) is 13.0 Å². The molecule has 0 saturated carbocycles. The molecule has 0 radical (unpaired) electrons. The molecule has 0 aromatic carbocycles. The van der Waals surface area contributed by atoms with Gasteiger partial charge in [0.25, 0.3) is 0 Å². The number of nitrogens with two attached hydrogens (primary N) is 1. The van der Waals surface area contributed by atoms with Crippen LogP contribution in [0.25, 0.3) is 0 Å². The molecule has 1 amide bonds. The van der Waals surface area contributed by atoms with Gasteiger partial charge in [-0.05, 0) is 12.5 Å². The minimum Gasteiger partial charge on any atom is -0.330 e. The number of carbonyl (C=O) groups is 1. The molecule has 1 fully saturated rings. The highest BCUT2D eigenvalue weighted by Crippen LogP contribution is 2.24. The Morgan fingerprint density at radius 1 is 1.69 bits per heavy atom. The molecule has 1 aromatic rings. The van der Waals surface area contributed by atoms with E-state index < -0.39 is 0 Å². The van der Waals surface area contributed by atoms with Crippen LogP contribution in [0.1, 0.15) is 12.0 Å². The molecule has 2 N–H and O–H groups in total. The van der Waals surface area contributed by atoms with Gasteiger partial charge in [-0.25, -0.2) is 9.97 Å². The van der Waals surface area contributed by atoms with E-state index in [0.29, 0.717) is 30.9 Å². The van der Waals surface area contributed by atoms with Crippen molar-refractivity contribution in [1.82, 2.24) is 9.97 Å². The van der Waals surface area contributed by atoms with E-state index in [4.69, 9.17) is 11.0 Å². The standard InChI is InChI=1S/C10H11N5O/c11-2-7-1-9(16)15(5-7)10-8(3-12)4-13-6-14-10/h4,6-7H,1-2,5,11H2. The lowest BCUT2D eigenvalue weighted by atomic mass is 10.1. The molecular weight excluding hydrogens is 206 g/mol. The van der Waals surface area contributed by atoms with Gasteiger partial charge >= 0.3 is 0 Å². The van der Waals surface area contributed by atoms with E-state index >= 15 is 0 Å². The van der Waals surface area contributed by atoms with Gasteiger partial charge in [-0.15, -0.1) is 0 Å². The van der Waals surface area contributed by atoms with Gasteiger partial charge in [-0.1, -0.05) is 0 Å². The lowest BCUT2D eigenvalue weighted by Crippen LogP contribution is -2.27. The number of hydrogen-bond donors (Lipinski definition) is 1. The van der Waals surface area contributed by atoms with Gasteiger partial charge in [0.1, 0.15) is 18.0 Å². The summed E-state index contributed by atoms with van der Waals surface area (Å²) in [5.41, 5.74) is 5.84. The molecule has 1 atom stereocenters. The number of hydrogen-bond acceptors (Lipinski definition) is 5. The quantitative estimate of drug-likeness (QED) is 0.731. The maximum Gasteiger partial charge on any atom is 0.228 e. The summed E-state index contributed by atoms with van der Waals surface area (Å²) in [6.45, 7) is 0.996. The molecule has 1 aromatic heterocycles. The van der Waals surface area contributed by atoms with E-state index in [2.05, 4.69) is 9.97 Å². The van der Waals surface area contributed by atoms with Gasteiger partial charge in [0.15, 0.2) is 5.82 Å². The van der Waals surface area contributed by atoms with Crippen LogP contribution in [-0.2, 0) is 4.79 Å². The zero-order valence-corrected chi connectivity index (χ0v) is 8.63. The first-order chi connectivity index (χ1) is 7.76. The van der Waals surface area contributed by atoms with Gasteiger partial charge in [-0.3, -0.25) is 9.69 Å². The average molecular weight is 217 g/mol. The number of rotatable bonds is 2. The molecule has 16 heavy (non-hydrogen) atoms. The summed E-state index contributed by atoms with van der Waals surface area (Å²) in [7, 11) is 0. The number of amides is 1. The lowest BCUT2D eigenvalue weighted by Gasteiger charge is -2.15. The molecule has 0 bridgehead atoms. The second-order valence-corrected chi connectivity index (χ2v) is 3.68. The van der Waals surface area contributed by atoms with Crippen molar-refractivity contribution in [2.45, 2.75) is 6.42 Å². The van der Waals surface area contributed by atoms with Crippen molar-refractivity contribution >= 4 is 11.7 Å². The fourth-order valence-corrected chi connectivity index (χ4v) is 1.76. The first-order valence-electron chi connectivity index (χ1n) is 4.96. The Balaban J connectivity index is 2.32. The Morgan fingerprint density at radius 3 is 3.12 bits per heavy atom. The topological polar surface area (TPSA) is 95.9 Å². The zero-order chi connectivity index (χ0) is 11.5. The third kappa shape index (κ3) is 1.73. The van der Waals surface area contributed by atoms with Crippen LogP contribution in [0.4, 0.5) is 5.82 Å². The van der Waals surface area contributed by atoms with Crippen molar-refractivity contribution in [3.63, 3.8) is 0 Å². The fourth-order valence-electron chi connectivity index (χ4n) is 1.76. The predicted octanol–water partition coefficient (Wildman–Crippen LogP) is -0.340. The first kappa shape index (κ1) is 10.5. The van der Waals surface area contributed by atoms with Gasteiger partial charge in [0.2, 0.25) is 5.91 Å². The number of anilines is 1. The number of nitrogens with zero attached hydrogens (tertiary/aromatic N) is 4. The number of carbonyl (C=O) groups excluding carboxylic acids is 1. The SMILES string of the molecule is N#Cc1cncnc1N1CC(CN)CC1=O. The van der Waals surface area contributed by atoms with Crippen molar-refractivity contribution in [1.29, 1.82) is 5.26 Å². The molecule has 1 saturated heterocycles. The average Bonchev–Trinajstić information content (AvgIpc) is 2.70. The summed E-state index contributed by atoms with van der Waals surface area (Å²) >= 11 is 0. The minimum atomic E-state index is -0.0364. The van der Waals surface area contributed by atoms with Gasteiger partial charge < -0.3 is 5.73 Å². The van der Waals surface area contributed by atoms with Crippen LogP contribution in [0.2, 0.25) is 0 Å². The van der Waals surface area contributed by atoms with E-state index in [-0.39, 0.29) is 11.8 Å². The van der Waals surface area contributed by atoms with Crippen molar-refractivity contribution in [3.05, 3.63) is 18.1 Å². The van der Waals surface area contributed by atoms with Crippen LogP contribution in [0.5, 0.6) is 0 Å². The van der Waals surface area contributed by atoms with Crippen LogP contribution in [0.3, 0.4) is 0 Å². The molecule has 2 rings (SSSR count). The molecule has 2 heterocycles. The van der Waals surface area contributed by atoms with E-state index in [0.717, 1.165) is 0 Å². The molecule has 1 unspecified atom stereocenters. The summed E-state index contributed by atoms with van der Waals surface area (Å²) in [6, 6.07) is 1.98. The van der Waals surface area contributed by atoms with E-state index in [1.165, 1.54) is 17.4 Å². The monoisotopic (exact) mass is 217 g/mol. The second-order valence-electron chi connectivity index (χ2n) is 3.68. The van der Waals surface area contributed by atoms with Crippen molar-refractivity contribution in [2.75, 3.05) is 18.0 Å². The van der Waals surface area contributed by atoms with Gasteiger partial charge in [0.05, 0.1) is 6.20 Å². The molecule has 6 heteroatoms. The molecule has 0 spiro atoms. The summed E-state index contributed by atoms with van der Waals surface area (Å²) in [5, 5.41) is 8.90. The van der Waals surface area contributed by atoms with E-state index in [1.54, 1.807) is 0 Å². The molecule has 1 aliphatic heterocycles. The van der Waals surface area contributed by atoms with Crippen LogP contribution in [0, 0.1) is 17.2 Å². The summed E-state index contributed by atoms with van der Waals surface area (Å²) in [4.78, 5) is 21.0. The van der Waals surface area contributed by atoms with E-state index in [1.807, 2.05) is 6.07 Å². The van der Waals surface area contributed by atoms with Crippen LogP contribution < -0.4 is 10.6 Å². The normalized spacial score (nSPS) is 19.9. The largest absolute Gasteiger partial charge is 0.330 e. The highest BCUT2D eigenvalue weighted by atomic mass is 16.2. The maximum absolute atomic E-state index is 11.7. The van der Waals surface area contributed by atoms with Crippen LogP contribution in [0.15, 0.2) is 12.5 Å².